The molecule has 0 spiro atoms. The van der Waals surface area contributed by atoms with Crippen LogP contribution in [0, 0.1) is 0 Å². The Kier molecular flexibility index (Phi) is 7.22. The lowest BCUT2D eigenvalue weighted by molar-refractivity contribution is -0.133. The van der Waals surface area contributed by atoms with E-state index in [4.69, 9.17) is 4.42 Å². The van der Waals surface area contributed by atoms with Crippen LogP contribution < -0.4 is 10.7 Å². The topological polar surface area (TPSA) is 65.2 Å². The zero-order valence-electron chi connectivity index (χ0n) is 22.5. The number of nitrogens with zero attached hydrogens (tertiary/aromatic N) is 5. The summed E-state index contributed by atoms with van der Waals surface area (Å²) in [5, 5.41) is 0. The number of likely N-dealkylation sites (N-methyl/N-ethyl adjacent to an activating group) is 1. The highest BCUT2D eigenvalue weighted by Crippen LogP contribution is 2.28. The van der Waals surface area contributed by atoms with Crippen LogP contribution >= 0.6 is 0 Å². The van der Waals surface area contributed by atoms with Crippen LogP contribution in [-0.4, -0.2) is 84.6 Å². The van der Waals surface area contributed by atoms with E-state index in [0.29, 0.717) is 24.2 Å². The number of fused-ring (bicyclic) bond motifs is 1. The SMILES string of the molecule is CN1CCN(C(=O)Cn2c(=O)oc3c(N4CCN(Cc5cccc(-c6ccccc6)c5)CC4)cccc32)CC1. The summed E-state index contributed by atoms with van der Waals surface area (Å²) in [7, 11) is 2.06. The van der Waals surface area contributed by atoms with E-state index in [9.17, 15) is 9.59 Å². The van der Waals surface area contributed by atoms with E-state index in [0.717, 1.165) is 51.5 Å². The minimum absolute atomic E-state index is 0.00875. The van der Waals surface area contributed by atoms with Crippen LogP contribution in [0.1, 0.15) is 5.56 Å². The third-order valence-corrected chi connectivity index (χ3v) is 7.98. The van der Waals surface area contributed by atoms with E-state index in [1.807, 2.05) is 29.2 Å². The molecule has 8 heteroatoms. The summed E-state index contributed by atoms with van der Waals surface area (Å²) in [6, 6.07) is 25.1. The zero-order valence-corrected chi connectivity index (χ0v) is 22.5. The molecule has 3 aromatic carbocycles. The molecule has 8 nitrogen and oxygen atoms in total. The van der Waals surface area contributed by atoms with Crippen molar-refractivity contribution in [2.24, 2.45) is 0 Å². The summed E-state index contributed by atoms with van der Waals surface area (Å²) >= 11 is 0. The molecule has 4 aromatic rings. The highest BCUT2D eigenvalue weighted by atomic mass is 16.4. The highest BCUT2D eigenvalue weighted by Gasteiger charge is 2.24. The largest absolute Gasteiger partial charge is 0.420 e. The first-order chi connectivity index (χ1) is 19.0. The number of aromatic nitrogens is 1. The predicted octanol–water partition coefficient (Wildman–Crippen LogP) is 3.36. The first-order valence-corrected chi connectivity index (χ1v) is 13.8. The monoisotopic (exact) mass is 525 g/mol. The molecule has 39 heavy (non-hydrogen) atoms. The minimum Gasteiger partial charge on any atom is -0.405 e. The summed E-state index contributed by atoms with van der Waals surface area (Å²) < 4.78 is 7.22. The molecule has 0 unspecified atom stereocenters. The highest BCUT2D eigenvalue weighted by molar-refractivity contribution is 5.88. The molecule has 2 aliphatic rings. The number of hydrogen-bond donors (Lipinski definition) is 0. The van der Waals surface area contributed by atoms with Crippen LogP contribution in [0.3, 0.4) is 0 Å². The van der Waals surface area contributed by atoms with Gasteiger partial charge < -0.3 is 19.1 Å². The van der Waals surface area contributed by atoms with Gasteiger partial charge in [0.25, 0.3) is 0 Å². The number of carbonyl (C=O) groups is 1. The van der Waals surface area contributed by atoms with Gasteiger partial charge in [-0.1, -0.05) is 54.6 Å². The number of anilines is 1. The van der Waals surface area contributed by atoms with Gasteiger partial charge in [0.05, 0.1) is 11.2 Å². The Bertz CT molecular complexity index is 1500. The summed E-state index contributed by atoms with van der Waals surface area (Å²) in [5.74, 6) is -0.514. The molecular formula is C31H35N5O3. The molecular weight excluding hydrogens is 490 g/mol. The van der Waals surface area contributed by atoms with Crippen molar-refractivity contribution in [3.63, 3.8) is 0 Å². The molecule has 1 amide bonds. The van der Waals surface area contributed by atoms with E-state index in [-0.39, 0.29) is 12.5 Å². The second kappa shape index (κ2) is 11.1. The number of benzene rings is 3. The molecule has 0 atom stereocenters. The van der Waals surface area contributed by atoms with Gasteiger partial charge in [0, 0.05) is 58.9 Å². The van der Waals surface area contributed by atoms with Crippen molar-refractivity contribution in [1.29, 1.82) is 0 Å². The summed E-state index contributed by atoms with van der Waals surface area (Å²) in [5.41, 5.74) is 5.94. The molecule has 2 fully saturated rings. The third-order valence-electron chi connectivity index (χ3n) is 7.98. The third kappa shape index (κ3) is 5.48. The zero-order chi connectivity index (χ0) is 26.8. The number of piperazine rings is 2. The first kappa shape index (κ1) is 25.4. The maximum Gasteiger partial charge on any atom is 0.420 e. The lowest BCUT2D eigenvalue weighted by Crippen LogP contribution is -2.48. The molecule has 0 radical (unpaired) electrons. The van der Waals surface area contributed by atoms with Crippen molar-refractivity contribution >= 4 is 22.7 Å². The number of carbonyl (C=O) groups excluding carboxylic acids is 1. The molecule has 3 heterocycles. The van der Waals surface area contributed by atoms with E-state index in [1.165, 1.54) is 21.3 Å². The van der Waals surface area contributed by atoms with Crippen molar-refractivity contribution in [2.75, 3.05) is 64.3 Å². The Balaban J connectivity index is 1.12. The molecule has 6 rings (SSSR count). The van der Waals surface area contributed by atoms with Crippen LogP contribution in [0.2, 0.25) is 0 Å². The predicted molar refractivity (Wildman–Crippen MR) is 154 cm³/mol. The molecule has 0 aliphatic carbocycles. The Hall–Kier alpha value is -3.88. The van der Waals surface area contributed by atoms with Crippen molar-refractivity contribution in [1.82, 2.24) is 19.3 Å². The van der Waals surface area contributed by atoms with Crippen LogP contribution in [0.5, 0.6) is 0 Å². The molecule has 1 aromatic heterocycles. The van der Waals surface area contributed by atoms with Crippen molar-refractivity contribution in [2.45, 2.75) is 13.1 Å². The van der Waals surface area contributed by atoms with Crippen molar-refractivity contribution in [3.05, 3.63) is 88.9 Å². The van der Waals surface area contributed by atoms with E-state index in [2.05, 4.69) is 70.3 Å². The molecule has 0 saturated carbocycles. The lowest BCUT2D eigenvalue weighted by Gasteiger charge is -2.36. The number of oxazole rings is 1. The smallest absolute Gasteiger partial charge is 0.405 e. The average molecular weight is 526 g/mol. The molecule has 202 valence electrons. The Morgan fingerprint density at radius 1 is 0.795 bits per heavy atom. The standard InChI is InChI=1S/C31H35N5O3/c1-32-13-17-35(18-14-32)29(37)23-36-28-12-6-11-27(30(28)39-31(36)38)34-19-15-33(16-20-34)22-24-7-5-10-26(21-24)25-8-3-2-4-9-25/h2-12,21H,13-20,22-23H2,1H3. The second-order valence-corrected chi connectivity index (χ2v) is 10.6. The fourth-order valence-electron chi connectivity index (χ4n) is 5.65. The number of hydrogen-bond acceptors (Lipinski definition) is 6. The average Bonchev–Trinajstić information content (AvgIpc) is 3.29. The lowest BCUT2D eigenvalue weighted by atomic mass is 10.0. The minimum atomic E-state index is -0.475. The normalized spacial score (nSPS) is 17.2. The van der Waals surface area contributed by atoms with E-state index in [1.54, 1.807) is 0 Å². The van der Waals surface area contributed by atoms with Crippen LogP contribution in [0.15, 0.2) is 82.0 Å². The Morgan fingerprint density at radius 2 is 1.51 bits per heavy atom. The maximum absolute atomic E-state index is 12.9. The molecule has 2 aliphatic heterocycles. The van der Waals surface area contributed by atoms with Crippen LogP contribution in [0.25, 0.3) is 22.2 Å². The fourth-order valence-corrected chi connectivity index (χ4v) is 5.65. The summed E-state index contributed by atoms with van der Waals surface area (Å²) in [6.45, 7) is 7.49. The van der Waals surface area contributed by atoms with Gasteiger partial charge in [0.1, 0.15) is 6.54 Å². The number of para-hydroxylation sites is 1. The van der Waals surface area contributed by atoms with E-state index >= 15 is 0 Å². The molecule has 2 saturated heterocycles. The summed E-state index contributed by atoms with van der Waals surface area (Å²) in [4.78, 5) is 34.6. The van der Waals surface area contributed by atoms with Gasteiger partial charge in [0.15, 0.2) is 5.58 Å². The molecule has 0 N–H and O–H groups in total. The van der Waals surface area contributed by atoms with Gasteiger partial charge >= 0.3 is 5.76 Å². The Morgan fingerprint density at radius 3 is 2.28 bits per heavy atom. The van der Waals surface area contributed by atoms with Crippen molar-refractivity contribution < 1.29 is 9.21 Å². The second-order valence-electron chi connectivity index (χ2n) is 10.6. The van der Waals surface area contributed by atoms with Gasteiger partial charge in [-0.05, 0) is 41.9 Å². The summed E-state index contributed by atoms with van der Waals surface area (Å²) in [6.07, 6.45) is 0. The molecule has 0 bridgehead atoms. The van der Waals surface area contributed by atoms with Crippen LogP contribution in [-0.2, 0) is 17.9 Å². The quantitative estimate of drug-likeness (QED) is 0.385. The van der Waals surface area contributed by atoms with Gasteiger partial charge in [-0.25, -0.2) is 4.79 Å². The number of rotatable bonds is 6. The Labute approximate surface area is 228 Å². The maximum atomic E-state index is 12.9. The van der Waals surface area contributed by atoms with Gasteiger partial charge in [-0.2, -0.15) is 0 Å². The van der Waals surface area contributed by atoms with Gasteiger partial charge in [-0.15, -0.1) is 0 Å². The first-order valence-electron chi connectivity index (χ1n) is 13.8. The van der Waals surface area contributed by atoms with E-state index < -0.39 is 5.76 Å². The van der Waals surface area contributed by atoms with Crippen molar-refractivity contribution in [3.8, 4) is 11.1 Å². The van der Waals surface area contributed by atoms with Gasteiger partial charge in [0.2, 0.25) is 5.91 Å². The van der Waals surface area contributed by atoms with Gasteiger partial charge in [-0.3, -0.25) is 14.3 Å². The fraction of sp³-hybridized carbons (Fsp3) is 0.355. The van der Waals surface area contributed by atoms with Crippen LogP contribution in [0.4, 0.5) is 5.69 Å². The number of amides is 1.